The van der Waals surface area contributed by atoms with Crippen LogP contribution in [0.1, 0.15) is 34.1 Å². The average molecular weight is 281 g/mol. The van der Waals surface area contributed by atoms with E-state index in [2.05, 4.69) is 13.8 Å². The van der Waals surface area contributed by atoms with E-state index in [0.717, 1.165) is 13.0 Å². The second-order valence-corrected chi connectivity index (χ2v) is 7.71. The van der Waals surface area contributed by atoms with E-state index in [1.807, 2.05) is 0 Å². The maximum atomic E-state index is 11.8. The van der Waals surface area contributed by atoms with E-state index in [0.29, 0.717) is 11.8 Å². The zero-order chi connectivity index (χ0) is 13.1. The van der Waals surface area contributed by atoms with Crippen LogP contribution in [0.5, 0.6) is 0 Å². The first-order chi connectivity index (χ1) is 7.82. The van der Waals surface area contributed by atoms with Crippen LogP contribution in [-0.2, 0) is 25.6 Å². The Bertz CT molecular complexity index is 283. The molecule has 1 unspecified atom stereocenters. The standard InChI is InChI=1S/C11H23O4PS/c1-8(2)10-5-6-13-11(10)7-14-16(12,17)15-9(3)4/h8-11H,5-7H2,1-4H3,(H,12,17)/p-1/t10-,11-,16?/m1/s1. The highest BCUT2D eigenvalue weighted by atomic mass is 32.5. The van der Waals surface area contributed by atoms with E-state index in [1.54, 1.807) is 13.8 Å². The molecule has 1 heterocycles. The summed E-state index contributed by atoms with van der Waals surface area (Å²) in [6.45, 7) is 5.53. The molecule has 17 heavy (non-hydrogen) atoms. The van der Waals surface area contributed by atoms with Crippen LogP contribution in [0.25, 0.3) is 0 Å². The molecule has 1 fully saturated rings. The topological polar surface area (TPSA) is 50.8 Å². The Balaban J connectivity index is 2.42. The highest BCUT2D eigenvalue weighted by molar-refractivity contribution is 8.06. The summed E-state index contributed by atoms with van der Waals surface area (Å²) in [5.41, 5.74) is 0. The molecule has 1 aliphatic heterocycles. The summed E-state index contributed by atoms with van der Waals surface area (Å²) >= 11 is 4.81. The van der Waals surface area contributed by atoms with E-state index >= 15 is 0 Å². The van der Waals surface area contributed by atoms with E-state index in [4.69, 9.17) is 25.6 Å². The maximum absolute atomic E-state index is 11.8. The number of rotatable bonds is 6. The highest BCUT2D eigenvalue weighted by Crippen LogP contribution is 2.41. The van der Waals surface area contributed by atoms with Crippen molar-refractivity contribution in [2.24, 2.45) is 11.8 Å². The molecule has 4 nitrogen and oxygen atoms in total. The van der Waals surface area contributed by atoms with Crippen molar-refractivity contribution in [2.75, 3.05) is 13.2 Å². The van der Waals surface area contributed by atoms with Gasteiger partial charge in [0.25, 0.3) is 0 Å². The summed E-state index contributed by atoms with van der Waals surface area (Å²) in [5.74, 6) is 0.977. The first kappa shape index (κ1) is 15.5. The first-order valence-corrected chi connectivity index (χ1v) is 8.63. The largest absolute Gasteiger partial charge is 0.780 e. The minimum Gasteiger partial charge on any atom is -0.780 e. The molecule has 1 aliphatic rings. The van der Waals surface area contributed by atoms with Gasteiger partial charge in [0, 0.05) is 6.61 Å². The van der Waals surface area contributed by atoms with Gasteiger partial charge in [0.05, 0.1) is 18.8 Å². The van der Waals surface area contributed by atoms with Crippen molar-refractivity contribution >= 4 is 18.5 Å². The van der Waals surface area contributed by atoms with Crippen LogP contribution < -0.4 is 4.89 Å². The van der Waals surface area contributed by atoms with E-state index < -0.39 is 6.72 Å². The second-order valence-electron chi connectivity index (χ2n) is 5.00. The lowest BCUT2D eigenvalue weighted by atomic mass is 9.90. The SMILES string of the molecule is CC(C)OP([O-])(=S)OC[C@H]1OCC[C@@H]1C(C)C. The summed E-state index contributed by atoms with van der Waals surface area (Å²) in [5, 5.41) is 0. The Hall–Kier alpha value is 0.490. The summed E-state index contributed by atoms with van der Waals surface area (Å²) in [4.78, 5) is 11.8. The van der Waals surface area contributed by atoms with Crippen LogP contribution in [0.4, 0.5) is 0 Å². The maximum Gasteiger partial charge on any atom is 0.115 e. The Morgan fingerprint density at radius 2 is 2.06 bits per heavy atom. The Morgan fingerprint density at radius 1 is 1.41 bits per heavy atom. The predicted octanol–water partition coefficient (Wildman–Crippen LogP) is 2.07. The lowest BCUT2D eigenvalue weighted by Gasteiger charge is -2.31. The molecule has 102 valence electrons. The third kappa shape index (κ3) is 5.33. The van der Waals surface area contributed by atoms with Crippen molar-refractivity contribution in [1.29, 1.82) is 0 Å². The van der Waals surface area contributed by atoms with Crippen LogP contribution in [0.2, 0.25) is 0 Å². The Kier molecular flexibility index (Phi) is 6.03. The van der Waals surface area contributed by atoms with E-state index in [-0.39, 0.29) is 18.8 Å². The van der Waals surface area contributed by atoms with Gasteiger partial charge in [-0.25, -0.2) is 0 Å². The zero-order valence-electron chi connectivity index (χ0n) is 10.9. The van der Waals surface area contributed by atoms with Crippen molar-refractivity contribution in [3.63, 3.8) is 0 Å². The molecular formula is C11H22O4PS-. The molecule has 0 aliphatic carbocycles. The van der Waals surface area contributed by atoms with Gasteiger partial charge >= 0.3 is 0 Å². The molecule has 0 radical (unpaired) electrons. The smallest absolute Gasteiger partial charge is 0.115 e. The molecule has 1 saturated heterocycles. The lowest BCUT2D eigenvalue weighted by molar-refractivity contribution is -0.211. The van der Waals surface area contributed by atoms with Gasteiger partial charge in [-0.3, -0.25) is 0 Å². The van der Waals surface area contributed by atoms with Crippen LogP contribution >= 0.6 is 6.72 Å². The van der Waals surface area contributed by atoms with Gasteiger partial charge < -0.3 is 18.7 Å². The van der Waals surface area contributed by atoms with Crippen molar-refractivity contribution in [3.05, 3.63) is 0 Å². The Morgan fingerprint density at radius 3 is 2.59 bits per heavy atom. The predicted molar refractivity (Wildman–Crippen MR) is 69.1 cm³/mol. The fourth-order valence-electron chi connectivity index (χ4n) is 2.05. The molecule has 0 spiro atoms. The third-order valence-corrected chi connectivity index (χ3v) is 4.57. The highest BCUT2D eigenvalue weighted by Gasteiger charge is 2.31. The summed E-state index contributed by atoms with van der Waals surface area (Å²) in [7, 11) is 0. The van der Waals surface area contributed by atoms with Gasteiger partial charge in [-0.05, 0) is 32.1 Å². The summed E-state index contributed by atoms with van der Waals surface area (Å²) in [6, 6.07) is 0. The van der Waals surface area contributed by atoms with Crippen molar-refractivity contribution in [1.82, 2.24) is 0 Å². The van der Waals surface area contributed by atoms with Gasteiger partial charge in [-0.2, -0.15) is 0 Å². The molecule has 0 aromatic carbocycles. The minimum absolute atomic E-state index is 0.0120. The van der Waals surface area contributed by atoms with Gasteiger partial charge in [0.1, 0.15) is 6.72 Å². The number of hydrogen-bond acceptors (Lipinski definition) is 5. The molecular weight excluding hydrogens is 259 g/mol. The van der Waals surface area contributed by atoms with Crippen molar-refractivity contribution in [3.8, 4) is 0 Å². The van der Waals surface area contributed by atoms with Crippen molar-refractivity contribution < 1.29 is 18.7 Å². The third-order valence-electron chi connectivity index (χ3n) is 2.85. The fraction of sp³-hybridized carbons (Fsp3) is 1.00. The molecule has 0 bridgehead atoms. The zero-order valence-corrected chi connectivity index (χ0v) is 12.6. The molecule has 1 rings (SSSR count). The molecule has 0 saturated carbocycles. The van der Waals surface area contributed by atoms with Crippen LogP contribution in [0.3, 0.4) is 0 Å². The van der Waals surface area contributed by atoms with Gasteiger partial charge in [0.15, 0.2) is 0 Å². The molecule has 6 heteroatoms. The Labute approximate surface area is 109 Å². The monoisotopic (exact) mass is 281 g/mol. The van der Waals surface area contributed by atoms with Gasteiger partial charge in [-0.1, -0.05) is 25.7 Å². The van der Waals surface area contributed by atoms with Gasteiger partial charge in [-0.15, -0.1) is 0 Å². The number of ether oxygens (including phenoxy) is 1. The molecule has 0 aromatic rings. The molecule has 0 amide bonds. The van der Waals surface area contributed by atoms with E-state index in [9.17, 15) is 4.89 Å². The van der Waals surface area contributed by atoms with Crippen molar-refractivity contribution in [2.45, 2.75) is 46.3 Å². The fourth-order valence-corrected chi connectivity index (χ4v) is 3.66. The second kappa shape index (κ2) is 6.60. The first-order valence-electron chi connectivity index (χ1n) is 6.07. The lowest BCUT2D eigenvalue weighted by Crippen LogP contribution is -2.27. The normalized spacial score (nSPS) is 28.9. The molecule has 3 atom stereocenters. The quantitative estimate of drug-likeness (QED) is 0.698. The molecule has 0 aromatic heterocycles. The van der Waals surface area contributed by atoms with Crippen LogP contribution in [0, 0.1) is 11.8 Å². The average Bonchev–Trinajstić information content (AvgIpc) is 2.60. The van der Waals surface area contributed by atoms with Gasteiger partial charge in [0.2, 0.25) is 0 Å². The molecule has 0 N–H and O–H groups in total. The van der Waals surface area contributed by atoms with Crippen LogP contribution in [0.15, 0.2) is 0 Å². The van der Waals surface area contributed by atoms with Crippen LogP contribution in [-0.4, -0.2) is 25.4 Å². The summed E-state index contributed by atoms with van der Waals surface area (Å²) < 4.78 is 15.9. The van der Waals surface area contributed by atoms with E-state index in [1.165, 1.54) is 0 Å². The number of hydrogen-bond donors (Lipinski definition) is 0. The minimum atomic E-state index is -3.35. The summed E-state index contributed by atoms with van der Waals surface area (Å²) in [6.07, 6.45) is 0.823.